The second-order valence-electron chi connectivity index (χ2n) is 7.56. The van der Waals surface area contributed by atoms with Crippen molar-refractivity contribution >= 4 is 22.9 Å². The highest BCUT2D eigenvalue weighted by molar-refractivity contribution is 5.90. The molecule has 0 saturated heterocycles. The van der Waals surface area contributed by atoms with E-state index in [2.05, 4.69) is 35.4 Å². The van der Waals surface area contributed by atoms with Gasteiger partial charge in [0.15, 0.2) is 0 Å². The van der Waals surface area contributed by atoms with Gasteiger partial charge >= 0.3 is 12.2 Å². The molecule has 170 valence electrons. The number of benzene rings is 1. The highest BCUT2D eigenvalue weighted by atomic mass is 19.4. The fourth-order valence-corrected chi connectivity index (χ4v) is 3.53. The van der Waals surface area contributed by atoms with Gasteiger partial charge in [-0.1, -0.05) is 38.0 Å². The van der Waals surface area contributed by atoms with Crippen LogP contribution < -0.4 is 10.6 Å². The van der Waals surface area contributed by atoms with Crippen LogP contribution in [0, 0.1) is 0 Å². The first-order valence-corrected chi connectivity index (χ1v) is 10.7. The molecule has 2 N–H and O–H groups in total. The normalized spacial score (nSPS) is 12.2. The fraction of sp³-hybridized carbons (Fsp3) is 0.333. The number of hydrogen-bond donors (Lipinski definition) is 2. The van der Waals surface area contributed by atoms with Crippen LogP contribution in [0.3, 0.4) is 0 Å². The highest BCUT2D eigenvalue weighted by Gasteiger charge is 2.27. The van der Waals surface area contributed by atoms with Gasteiger partial charge in [-0.3, -0.25) is 4.40 Å². The lowest BCUT2D eigenvalue weighted by atomic mass is 10.0. The van der Waals surface area contributed by atoms with E-state index in [-0.39, 0.29) is 0 Å². The van der Waals surface area contributed by atoms with Crippen molar-refractivity contribution in [3.63, 3.8) is 0 Å². The Morgan fingerprint density at radius 3 is 2.72 bits per heavy atom. The van der Waals surface area contributed by atoms with Crippen molar-refractivity contribution in [1.29, 1.82) is 0 Å². The van der Waals surface area contributed by atoms with Gasteiger partial charge in [-0.2, -0.15) is 13.2 Å². The molecule has 0 fully saturated rings. The number of aromatic nitrogens is 2. The molecule has 0 saturated carbocycles. The first-order chi connectivity index (χ1) is 15.3. The number of alkyl halides is 3. The van der Waals surface area contributed by atoms with Crippen molar-refractivity contribution in [3.8, 4) is 11.3 Å². The van der Waals surface area contributed by atoms with Crippen molar-refractivity contribution in [2.45, 2.75) is 45.7 Å². The molecular formula is C24H27F3N4O. The number of nitrogens with one attached hydrogen (secondary N) is 2. The van der Waals surface area contributed by atoms with Gasteiger partial charge in [-0.25, -0.2) is 9.78 Å². The number of hydrogen-bond acceptors (Lipinski definition) is 2. The average Bonchev–Trinajstić information content (AvgIpc) is 3.18. The SMILES string of the molecule is C/C=C(\CCCCC)c1ccn2c(-c3cccc(NC(=O)NCC(F)(F)F)c3)cnc2c1. The molecule has 2 heterocycles. The minimum atomic E-state index is -4.46. The second-order valence-corrected chi connectivity index (χ2v) is 7.56. The number of imidazole rings is 1. The quantitative estimate of drug-likeness (QED) is 0.381. The molecule has 0 bridgehead atoms. The highest BCUT2D eigenvalue weighted by Crippen LogP contribution is 2.27. The Bertz CT molecular complexity index is 1100. The summed E-state index contributed by atoms with van der Waals surface area (Å²) < 4.78 is 38.8. The summed E-state index contributed by atoms with van der Waals surface area (Å²) in [6.45, 7) is 2.85. The van der Waals surface area contributed by atoms with E-state index >= 15 is 0 Å². The molecule has 0 atom stereocenters. The molecule has 32 heavy (non-hydrogen) atoms. The fourth-order valence-electron chi connectivity index (χ4n) is 3.53. The summed E-state index contributed by atoms with van der Waals surface area (Å²) in [6.07, 6.45) is 5.95. The zero-order chi connectivity index (χ0) is 23.1. The zero-order valence-electron chi connectivity index (χ0n) is 18.2. The predicted molar refractivity (Wildman–Crippen MR) is 121 cm³/mol. The number of rotatable bonds is 8. The van der Waals surface area contributed by atoms with E-state index in [9.17, 15) is 18.0 Å². The number of urea groups is 1. The molecule has 2 aromatic heterocycles. The minimum Gasteiger partial charge on any atom is -0.329 e. The lowest BCUT2D eigenvalue weighted by Gasteiger charge is -2.11. The topological polar surface area (TPSA) is 58.4 Å². The molecule has 0 aliphatic heterocycles. The maximum atomic E-state index is 12.3. The van der Waals surface area contributed by atoms with Crippen LogP contribution in [0.25, 0.3) is 22.5 Å². The standard InChI is InChI=1S/C24H27F3N4O/c1-3-5-6-8-17(4-2)18-11-12-31-21(15-28-22(31)14-18)19-9-7-10-20(13-19)30-23(32)29-16-24(25,26)27/h4,7,9-15H,3,5-6,8,16H2,1-2H3,(H2,29,30,32)/b17-4+. The van der Waals surface area contributed by atoms with Gasteiger partial charge in [-0.15, -0.1) is 0 Å². The van der Waals surface area contributed by atoms with E-state index in [1.165, 1.54) is 18.4 Å². The lowest BCUT2D eigenvalue weighted by Crippen LogP contribution is -2.36. The number of amides is 2. The summed E-state index contributed by atoms with van der Waals surface area (Å²) in [5.41, 5.74) is 5.23. The van der Waals surface area contributed by atoms with Crippen LogP contribution in [0.2, 0.25) is 0 Å². The largest absolute Gasteiger partial charge is 0.405 e. The first-order valence-electron chi connectivity index (χ1n) is 10.7. The Kier molecular flexibility index (Phi) is 7.56. The van der Waals surface area contributed by atoms with Crippen LogP contribution in [0.1, 0.15) is 45.1 Å². The predicted octanol–water partition coefficient (Wildman–Crippen LogP) is 6.67. The molecular weight excluding hydrogens is 417 g/mol. The average molecular weight is 445 g/mol. The second kappa shape index (κ2) is 10.3. The molecule has 0 radical (unpaired) electrons. The molecule has 0 aliphatic carbocycles. The minimum absolute atomic E-state index is 0.390. The Labute approximate surface area is 185 Å². The van der Waals surface area contributed by atoms with E-state index in [4.69, 9.17) is 0 Å². The van der Waals surface area contributed by atoms with Crippen molar-refractivity contribution in [1.82, 2.24) is 14.7 Å². The van der Waals surface area contributed by atoms with Gasteiger partial charge in [0.2, 0.25) is 0 Å². The van der Waals surface area contributed by atoms with Gasteiger partial charge in [0.25, 0.3) is 0 Å². The molecule has 1 aromatic carbocycles. The Hall–Kier alpha value is -3.29. The van der Waals surface area contributed by atoms with Crippen LogP contribution in [0.4, 0.5) is 23.7 Å². The van der Waals surface area contributed by atoms with Gasteiger partial charge in [-0.05, 0) is 55.2 Å². The van der Waals surface area contributed by atoms with E-state index in [0.717, 1.165) is 35.3 Å². The third-order valence-electron chi connectivity index (χ3n) is 5.15. The number of halogens is 3. The monoisotopic (exact) mass is 444 g/mol. The molecule has 0 spiro atoms. The number of unbranched alkanes of at least 4 members (excludes halogenated alkanes) is 2. The maximum absolute atomic E-state index is 12.3. The van der Waals surface area contributed by atoms with Gasteiger partial charge in [0.05, 0.1) is 11.9 Å². The number of carbonyl (C=O) groups is 1. The smallest absolute Gasteiger partial charge is 0.329 e. The molecule has 8 heteroatoms. The van der Waals surface area contributed by atoms with Crippen LogP contribution in [-0.2, 0) is 0 Å². The van der Waals surface area contributed by atoms with E-state index in [1.807, 2.05) is 23.6 Å². The summed E-state index contributed by atoms with van der Waals surface area (Å²) in [6, 6.07) is 10.1. The van der Waals surface area contributed by atoms with Crippen molar-refractivity contribution < 1.29 is 18.0 Å². The summed E-state index contributed by atoms with van der Waals surface area (Å²) in [7, 11) is 0. The summed E-state index contributed by atoms with van der Waals surface area (Å²) in [5.74, 6) is 0. The Balaban J connectivity index is 1.78. The number of fused-ring (bicyclic) bond motifs is 1. The zero-order valence-corrected chi connectivity index (χ0v) is 18.2. The number of nitrogens with zero attached hydrogens (tertiary/aromatic N) is 2. The maximum Gasteiger partial charge on any atom is 0.405 e. The molecule has 3 aromatic rings. The molecule has 2 amide bonds. The van der Waals surface area contributed by atoms with E-state index in [0.29, 0.717) is 5.69 Å². The van der Waals surface area contributed by atoms with Crippen LogP contribution in [0.15, 0.2) is 54.9 Å². The Morgan fingerprint density at radius 1 is 1.19 bits per heavy atom. The van der Waals surface area contributed by atoms with Crippen LogP contribution in [-0.4, -0.2) is 28.1 Å². The summed E-state index contributed by atoms with van der Waals surface area (Å²) in [5, 5.41) is 4.23. The van der Waals surface area contributed by atoms with Crippen molar-refractivity contribution in [2.24, 2.45) is 0 Å². The lowest BCUT2D eigenvalue weighted by molar-refractivity contribution is -0.122. The Morgan fingerprint density at radius 2 is 2.00 bits per heavy atom. The van der Waals surface area contributed by atoms with E-state index in [1.54, 1.807) is 29.7 Å². The van der Waals surface area contributed by atoms with Gasteiger partial charge in [0, 0.05) is 17.4 Å². The van der Waals surface area contributed by atoms with E-state index < -0.39 is 18.8 Å². The van der Waals surface area contributed by atoms with Crippen molar-refractivity contribution in [2.75, 3.05) is 11.9 Å². The third kappa shape index (κ3) is 6.12. The summed E-state index contributed by atoms with van der Waals surface area (Å²) >= 11 is 0. The number of allylic oxidation sites excluding steroid dienone is 2. The number of carbonyl (C=O) groups excluding carboxylic acids is 1. The van der Waals surface area contributed by atoms with Crippen molar-refractivity contribution in [3.05, 3.63) is 60.4 Å². The third-order valence-corrected chi connectivity index (χ3v) is 5.15. The first kappa shape index (κ1) is 23.4. The summed E-state index contributed by atoms with van der Waals surface area (Å²) in [4.78, 5) is 16.3. The molecule has 5 nitrogen and oxygen atoms in total. The van der Waals surface area contributed by atoms with Gasteiger partial charge in [0.1, 0.15) is 12.2 Å². The van der Waals surface area contributed by atoms with Crippen LogP contribution in [0.5, 0.6) is 0 Å². The number of pyridine rings is 1. The van der Waals surface area contributed by atoms with Gasteiger partial charge < -0.3 is 10.6 Å². The molecule has 0 aliphatic rings. The van der Waals surface area contributed by atoms with Crippen LogP contribution >= 0.6 is 0 Å². The molecule has 3 rings (SSSR count). The molecule has 0 unspecified atom stereocenters. The number of anilines is 1.